The lowest BCUT2D eigenvalue weighted by Gasteiger charge is -2.13. The van der Waals surface area contributed by atoms with E-state index in [1.165, 1.54) is 18.2 Å². The van der Waals surface area contributed by atoms with Crippen molar-refractivity contribution in [2.75, 3.05) is 5.32 Å². The van der Waals surface area contributed by atoms with Gasteiger partial charge in [0.15, 0.2) is 0 Å². The predicted molar refractivity (Wildman–Crippen MR) is 96.1 cm³/mol. The van der Waals surface area contributed by atoms with Crippen LogP contribution in [0.4, 0.5) is 10.1 Å². The van der Waals surface area contributed by atoms with Gasteiger partial charge in [0.1, 0.15) is 5.82 Å². The van der Waals surface area contributed by atoms with Crippen LogP contribution in [0.1, 0.15) is 34.6 Å². The van der Waals surface area contributed by atoms with Crippen LogP contribution >= 0.6 is 22.6 Å². The van der Waals surface area contributed by atoms with Crippen LogP contribution in [0.25, 0.3) is 0 Å². The van der Waals surface area contributed by atoms with Gasteiger partial charge in [0.2, 0.25) is 0 Å². The van der Waals surface area contributed by atoms with Crippen molar-refractivity contribution >= 4 is 40.1 Å². The van der Waals surface area contributed by atoms with Crippen molar-refractivity contribution in [3.63, 3.8) is 0 Å². The SMILES string of the molecule is CC(C)NC(=O)c1ccccc1NC(=O)c1ccc(I)c(F)c1. The highest BCUT2D eigenvalue weighted by Crippen LogP contribution is 2.18. The third-order valence-electron chi connectivity index (χ3n) is 3.02. The number of hydrogen-bond acceptors (Lipinski definition) is 2. The predicted octanol–water partition coefficient (Wildman–Crippen LogP) is 3.82. The van der Waals surface area contributed by atoms with Crippen LogP contribution in [0.2, 0.25) is 0 Å². The molecule has 0 unspecified atom stereocenters. The van der Waals surface area contributed by atoms with Crippen LogP contribution < -0.4 is 10.6 Å². The van der Waals surface area contributed by atoms with E-state index in [9.17, 15) is 14.0 Å². The molecule has 0 radical (unpaired) electrons. The average molecular weight is 426 g/mol. The number of anilines is 1. The minimum atomic E-state index is -0.468. The Labute approximate surface area is 147 Å². The second-order valence-electron chi connectivity index (χ2n) is 5.26. The molecule has 23 heavy (non-hydrogen) atoms. The molecule has 0 spiro atoms. The molecule has 0 aliphatic heterocycles. The lowest BCUT2D eigenvalue weighted by atomic mass is 10.1. The fourth-order valence-corrected chi connectivity index (χ4v) is 2.30. The van der Waals surface area contributed by atoms with Crippen molar-refractivity contribution in [3.05, 3.63) is 63.0 Å². The van der Waals surface area contributed by atoms with E-state index in [4.69, 9.17) is 0 Å². The molecule has 0 heterocycles. The van der Waals surface area contributed by atoms with E-state index >= 15 is 0 Å². The summed E-state index contributed by atoms with van der Waals surface area (Å²) in [4.78, 5) is 24.4. The van der Waals surface area contributed by atoms with Gasteiger partial charge in [0.05, 0.1) is 11.3 Å². The van der Waals surface area contributed by atoms with Crippen molar-refractivity contribution in [1.82, 2.24) is 5.32 Å². The largest absolute Gasteiger partial charge is 0.350 e. The highest BCUT2D eigenvalue weighted by molar-refractivity contribution is 14.1. The van der Waals surface area contributed by atoms with Gasteiger partial charge in [-0.1, -0.05) is 12.1 Å². The molecule has 0 saturated carbocycles. The summed E-state index contributed by atoms with van der Waals surface area (Å²) in [5.41, 5.74) is 0.942. The monoisotopic (exact) mass is 426 g/mol. The molecule has 0 fully saturated rings. The van der Waals surface area contributed by atoms with E-state index < -0.39 is 11.7 Å². The van der Waals surface area contributed by atoms with Crippen LogP contribution in [0.3, 0.4) is 0 Å². The number of carbonyl (C=O) groups is 2. The van der Waals surface area contributed by atoms with E-state index in [1.807, 2.05) is 36.4 Å². The van der Waals surface area contributed by atoms with Crippen molar-refractivity contribution in [2.24, 2.45) is 0 Å². The smallest absolute Gasteiger partial charge is 0.255 e. The van der Waals surface area contributed by atoms with Gasteiger partial charge in [-0.25, -0.2) is 4.39 Å². The van der Waals surface area contributed by atoms with Gasteiger partial charge in [-0.3, -0.25) is 9.59 Å². The molecule has 6 heteroatoms. The molecule has 0 saturated heterocycles. The third kappa shape index (κ3) is 4.51. The number of carbonyl (C=O) groups excluding carboxylic acids is 2. The molecule has 120 valence electrons. The summed E-state index contributed by atoms with van der Waals surface area (Å²) in [6.07, 6.45) is 0. The first-order valence-electron chi connectivity index (χ1n) is 7.04. The van der Waals surface area contributed by atoms with Gasteiger partial charge in [0.25, 0.3) is 11.8 Å². The Morgan fingerprint density at radius 1 is 1.09 bits per heavy atom. The Hall–Kier alpha value is -1.96. The van der Waals surface area contributed by atoms with Crippen molar-refractivity contribution in [2.45, 2.75) is 19.9 Å². The zero-order chi connectivity index (χ0) is 17.0. The van der Waals surface area contributed by atoms with Crippen molar-refractivity contribution in [1.29, 1.82) is 0 Å². The molecule has 2 N–H and O–H groups in total. The number of nitrogens with one attached hydrogen (secondary N) is 2. The Bertz CT molecular complexity index is 747. The number of hydrogen-bond donors (Lipinski definition) is 2. The van der Waals surface area contributed by atoms with Gasteiger partial charge in [-0.15, -0.1) is 0 Å². The fourth-order valence-electron chi connectivity index (χ4n) is 1.96. The number of para-hydroxylation sites is 1. The summed E-state index contributed by atoms with van der Waals surface area (Å²) in [5, 5.41) is 5.44. The molecule has 2 amide bonds. The molecule has 0 atom stereocenters. The second kappa shape index (κ2) is 7.54. The summed E-state index contributed by atoms with van der Waals surface area (Å²) >= 11 is 1.85. The maximum absolute atomic E-state index is 13.6. The van der Waals surface area contributed by atoms with Crippen LogP contribution in [0.15, 0.2) is 42.5 Å². The zero-order valence-electron chi connectivity index (χ0n) is 12.7. The van der Waals surface area contributed by atoms with Crippen molar-refractivity contribution < 1.29 is 14.0 Å². The van der Waals surface area contributed by atoms with Gasteiger partial charge >= 0.3 is 0 Å². The molecular weight excluding hydrogens is 410 g/mol. The Kier molecular flexibility index (Phi) is 5.70. The molecule has 2 aromatic rings. The zero-order valence-corrected chi connectivity index (χ0v) is 14.8. The lowest BCUT2D eigenvalue weighted by molar-refractivity contribution is 0.0944. The average Bonchev–Trinajstić information content (AvgIpc) is 2.49. The van der Waals surface area contributed by atoms with E-state index in [-0.39, 0.29) is 17.5 Å². The first kappa shape index (κ1) is 17.4. The molecule has 0 aromatic heterocycles. The fraction of sp³-hybridized carbons (Fsp3) is 0.176. The lowest BCUT2D eigenvalue weighted by Crippen LogP contribution is -2.31. The minimum absolute atomic E-state index is 0.0171. The van der Waals surface area contributed by atoms with Gasteiger partial charge in [-0.05, 0) is 66.8 Å². The molecule has 4 nitrogen and oxygen atoms in total. The molecular formula is C17H16FIN2O2. The summed E-state index contributed by atoms with van der Waals surface area (Å²) in [6.45, 7) is 3.71. The van der Waals surface area contributed by atoms with Gasteiger partial charge < -0.3 is 10.6 Å². The highest BCUT2D eigenvalue weighted by atomic mass is 127. The standard InChI is InChI=1S/C17H16FIN2O2/c1-10(2)20-17(23)12-5-3-4-6-15(12)21-16(22)11-7-8-14(19)13(18)9-11/h3-10H,1-2H3,(H,20,23)(H,21,22). The first-order chi connectivity index (χ1) is 10.9. The summed E-state index contributed by atoms with van der Waals surface area (Å²) < 4.78 is 14.0. The Morgan fingerprint density at radius 3 is 2.43 bits per heavy atom. The van der Waals surface area contributed by atoms with E-state index in [1.54, 1.807) is 24.3 Å². The van der Waals surface area contributed by atoms with Crippen LogP contribution in [-0.2, 0) is 0 Å². The third-order valence-corrected chi connectivity index (χ3v) is 3.90. The molecule has 0 aliphatic rings. The van der Waals surface area contributed by atoms with Crippen LogP contribution in [0.5, 0.6) is 0 Å². The summed E-state index contributed by atoms with van der Waals surface area (Å²) in [7, 11) is 0. The van der Waals surface area contributed by atoms with Crippen LogP contribution in [0, 0.1) is 9.39 Å². The topological polar surface area (TPSA) is 58.2 Å². The highest BCUT2D eigenvalue weighted by Gasteiger charge is 2.15. The summed E-state index contributed by atoms with van der Waals surface area (Å²) in [6, 6.07) is 10.9. The van der Waals surface area contributed by atoms with Crippen LogP contribution in [-0.4, -0.2) is 17.9 Å². The molecule has 2 rings (SSSR count). The quantitative estimate of drug-likeness (QED) is 0.731. The minimum Gasteiger partial charge on any atom is -0.350 e. The first-order valence-corrected chi connectivity index (χ1v) is 8.12. The normalized spacial score (nSPS) is 10.5. The van der Waals surface area contributed by atoms with E-state index in [2.05, 4.69) is 10.6 Å². The number of benzene rings is 2. The molecule has 0 aliphatic carbocycles. The molecule has 2 aromatic carbocycles. The summed E-state index contributed by atoms with van der Waals surface area (Å²) in [5.74, 6) is -1.20. The number of halogens is 2. The van der Waals surface area contributed by atoms with E-state index in [0.29, 0.717) is 14.8 Å². The van der Waals surface area contributed by atoms with Gasteiger partial charge in [-0.2, -0.15) is 0 Å². The Morgan fingerprint density at radius 2 is 1.78 bits per heavy atom. The second-order valence-corrected chi connectivity index (χ2v) is 6.42. The van der Waals surface area contributed by atoms with Gasteiger partial charge in [0, 0.05) is 15.2 Å². The number of amides is 2. The van der Waals surface area contributed by atoms with E-state index in [0.717, 1.165) is 0 Å². The maximum Gasteiger partial charge on any atom is 0.255 e. The number of rotatable bonds is 4. The van der Waals surface area contributed by atoms with Crippen molar-refractivity contribution in [3.8, 4) is 0 Å². The molecule has 0 bridgehead atoms. The Balaban J connectivity index is 2.24. The maximum atomic E-state index is 13.6.